The fourth-order valence-electron chi connectivity index (χ4n) is 3.23. The third-order valence-corrected chi connectivity index (χ3v) is 4.81. The van der Waals surface area contributed by atoms with Crippen LogP contribution in [-0.4, -0.2) is 29.1 Å². The Kier molecular flexibility index (Phi) is 6.62. The number of aliphatic imine (C=N–C) groups is 1. The van der Waals surface area contributed by atoms with E-state index < -0.39 is 5.60 Å². The average molecular weight is 411 g/mol. The van der Waals surface area contributed by atoms with Gasteiger partial charge in [-0.1, -0.05) is 17.7 Å². The standard InChI is InChI=1S/C23H30N4O3/c1-6-24-22(26-14-23(5,28)20-11-16(3)30-17(20)4)25-12-19-13-29-21(27-19)18-9-7-15(2)8-10-18/h7-11,13,28H,6,12,14H2,1-5H3,(H2,24,25,26). The average Bonchev–Trinajstić information content (AvgIpc) is 3.31. The molecular weight excluding hydrogens is 380 g/mol. The molecule has 2 heterocycles. The molecule has 0 fully saturated rings. The first-order valence-corrected chi connectivity index (χ1v) is 10.1. The van der Waals surface area contributed by atoms with Gasteiger partial charge in [0.05, 0.1) is 13.1 Å². The molecule has 0 aliphatic rings. The van der Waals surface area contributed by atoms with Crippen molar-refractivity contribution in [2.75, 3.05) is 13.1 Å². The third-order valence-electron chi connectivity index (χ3n) is 4.81. The maximum atomic E-state index is 10.9. The van der Waals surface area contributed by atoms with Crippen molar-refractivity contribution in [1.82, 2.24) is 15.6 Å². The Morgan fingerprint density at radius 1 is 1.17 bits per heavy atom. The number of aromatic nitrogens is 1. The second kappa shape index (κ2) is 9.17. The van der Waals surface area contributed by atoms with Crippen LogP contribution in [0.15, 0.2) is 50.4 Å². The van der Waals surface area contributed by atoms with Gasteiger partial charge in [0.1, 0.15) is 29.1 Å². The summed E-state index contributed by atoms with van der Waals surface area (Å²) in [6.07, 6.45) is 1.62. The molecule has 7 heteroatoms. The Morgan fingerprint density at radius 3 is 2.53 bits per heavy atom. The lowest BCUT2D eigenvalue weighted by Gasteiger charge is -2.24. The highest BCUT2D eigenvalue weighted by Crippen LogP contribution is 2.26. The van der Waals surface area contributed by atoms with Crippen LogP contribution in [0, 0.1) is 20.8 Å². The maximum Gasteiger partial charge on any atom is 0.226 e. The summed E-state index contributed by atoms with van der Waals surface area (Å²) in [5.74, 6) is 2.66. The van der Waals surface area contributed by atoms with Gasteiger partial charge in [0.15, 0.2) is 5.96 Å². The number of guanidine groups is 1. The van der Waals surface area contributed by atoms with Gasteiger partial charge in [-0.2, -0.15) is 0 Å². The van der Waals surface area contributed by atoms with Crippen LogP contribution in [-0.2, 0) is 12.1 Å². The largest absolute Gasteiger partial charge is 0.466 e. The van der Waals surface area contributed by atoms with Crippen molar-refractivity contribution in [3.63, 3.8) is 0 Å². The van der Waals surface area contributed by atoms with E-state index in [9.17, 15) is 5.11 Å². The number of nitrogens with zero attached hydrogens (tertiary/aromatic N) is 2. The van der Waals surface area contributed by atoms with Gasteiger partial charge in [-0.05, 0) is 52.8 Å². The summed E-state index contributed by atoms with van der Waals surface area (Å²) in [4.78, 5) is 9.09. The number of hydrogen-bond acceptors (Lipinski definition) is 5. The van der Waals surface area contributed by atoms with E-state index in [2.05, 4.69) is 20.6 Å². The summed E-state index contributed by atoms with van der Waals surface area (Å²) in [6, 6.07) is 9.89. The molecule has 7 nitrogen and oxygen atoms in total. The normalized spacial score (nSPS) is 13.9. The zero-order valence-corrected chi connectivity index (χ0v) is 18.2. The SMILES string of the molecule is CCNC(=NCc1coc(-c2ccc(C)cc2)n1)NCC(C)(O)c1cc(C)oc1C. The molecule has 0 spiro atoms. The molecule has 1 aromatic carbocycles. The van der Waals surface area contributed by atoms with E-state index in [0.29, 0.717) is 30.7 Å². The molecular formula is C23H30N4O3. The van der Waals surface area contributed by atoms with Crippen molar-refractivity contribution < 1.29 is 13.9 Å². The van der Waals surface area contributed by atoms with Crippen molar-refractivity contribution in [3.8, 4) is 11.5 Å². The van der Waals surface area contributed by atoms with Crippen LogP contribution < -0.4 is 10.6 Å². The van der Waals surface area contributed by atoms with Crippen LogP contribution >= 0.6 is 0 Å². The molecule has 0 bridgehead atoms. The van der Waals surface area contributed by atoms with E-state index >= 15 is 0 Å². The number of aliphatic hydroxyl groups is 1. The van der Waals surface area contributed by atoms with Crippen LogP contribution in [0.1, 0.15) is 42.2 Å². The Hall–Kier alpha value is -3.06. The van der Waals surface area contributed by atoms with Crippen molar-refractivity contribution in [2.24, 2.45) is 4.99 Å². The molecule has 0 saturated heterocycles. The third kappa shape index (κ3) is 5.30. The summed E-state index contributed by atoms with van der Waals surface area (Å²) in [7, 11) is 0. The van der Waals surface area contributed by atoms with E-state index in [1.165, 1.54) is 5.56 Å². The van der Waals surface area contributed by atoms with Gasteiger partial charge in [0, 0.05) is 17.7 Å². The highest BCUT2D eigenvalue weighted by atomic mass is 16.3. The summed E-state index contributed by atoms with van der Waals surface area (Å²) in [6.45, 7) is 10.9. The maximum absolute atomic E-state index is 10.9. The summed E-state index contributed by atoms with van der Waals surface area (Å²) >= 11 is 0. The Morgan fingerprint density at radius 2 is 1.90 bits per heavy atom. The summed E-state index contributed by atoms with van der Waals surface area (Å²) < 4.78 is 11.2. The minimum Gasteiger partial charge on any atom is -0.466 e. The zero-order chi connectivity index (χ0) is 21.7. The number of furan rings is 1. The predicted octanol–water partition coefficient (Wildman–Crippen LogP) is 3.82. The summed E-state index contributed by atoms with van der Waals surface area (Å²) in [5.41, 5.74) is 2.53. The van der Waals surface area contributed by atoms with E-state index in [-0.39, 0.29) is 6.54 Å². The lowest BCUT2D eigenvalue weighted by Crippen LogP contribution is -2.44. The van der Waals surface area contributed by atoms with E-state index in [1.807, 2.05) is 58.0 Å². The molecule has 0 saturated carbocycles. The van der Waals surface area contributed by atoms with E-state index in [0.717, 1.165) is 22.6 Å². The van der Waals surface area contributed by atoms with Gasteiger partial charge < -0.3 is 24.6 Å². The molecule has 0 radical (unpaired) electrons. The number of nitrogens with one attached hydrogen (secondary N) is 2. The van der Waals surface area contributed by atoms with Crippen molar-refractivity contribution in [2.45, 2.75) is 46.8 Å². The van der Waals surface area contributed by atoms with Gasteiger partial charge in [-0.3, -0.25) is 0 Å². The van der Waals surface area contributed by atoms with Gasteiger partial charge in [0.2, 0.25) is 5.89 Å². The molecule has 1 unspecified atom stereocenters. The first-order chi connectivity index (χ1) is 14.3. The monoisotopic (exact) mass is 410 g/mol. The van der Waals surface area contributed by atoms with Crippen LogP contribution in [0.5, 0.6) is 0 Å². The smallest absolute Gasteiger partial charge is 0.226 e. The van der Waals surface area contributed by atoms with Crippen LogP contribution in [0.2, 0.25) is 0 Å². The number of oxazole rings is 1. The summed E-state index contributed by atoms with van der Waals surface area (Å²) in [5, 5.41) is 17.3. The lowest BCUT2D eigenvalue weighted by atomic mass is 9.96. The molecule has 2 aromatic heterocycles. The van der Waals surface area contributed by atoms with Crippen molar-refractivity contribution >= 4 is 5.96 Å². The molecule has 160 valence electrons. The fourth-order valence-corrected chi connectivity index (χ4v) is 3.23. The van der Waals surface area contributed by atoms with Crippen LogP contribution in [0.25, 0.3) is 11.5 Å². The second-order valence-corrected chi connectivity index (χ2v) is 7.66. The van der Waals surface area contributed by atoms with Crippen molar-refractivity contribution in [3.05, 3.63) is 64.9 Å². The first-order valence-electron chi connectivity index (χ1n) is 10.1. The second-order valence-electron chi connectivity index (χ2n) is 7.66. The number of aryl methyl sites for hydroxylation is 3. The van der Waals surface area contributed by atoms with Gasteiger partial charge >= 0.3 is 0 Å². The Labute approximate surface area is 177 Å². The Balaban J connectivity index is 1.66. The molecule has 30 heavy (non-hydrogen) atoms. The van der Waals surface area contributed by atoms with Crippen LogP contribution in [0.4, 0.5) is 0 Å². The minimum atomic E-state index is -1.09. The van der Waals surface area contributed by atoms with Crippen LogP contribution in [0.3, 0.4) is 0 Å². The quantitative estimate of drug-likeness (QED) is 0.405. The number of hydrogen-bond donors (Lipinski definition) is 3. The van der Waals surface area contributed by atoms with E-state index in [1.54, 1.807) is 13.2 Å². The Bertz CT molecular complexity index is 1000. The highest BCUT2D eigenvalue weighted by Gasteiger charge is 2.27. The predicted molar refractivity (Wildman–Crippen MR) is 117 cm³/mol. The molecule has 0 amide bonds. The first kappa shape index (κ1) is 21.6. The van der Waals surface area contributed by atoms with Gasteiger partial charge in [-0.25, -0.2) is 9.98 Å². The number of benzene rings is 1. The molecule has 0 aliphatic carbocycles. The van der Waals surface area contributed by atoms with Crippen molar-refractivity contribution in [1.29, 1.82) is 0 Å². The van der Waals surface area contributed by atoms with Gasteiger partial charge in [0.25, 0.3) is 0 Å². The van der Waals surface area contributed by atoms with E-state index in [4.69, 9.17) is 8.83 Å². The lowest BCUT2D eigenvalue weighted by molar-refractivity contribution is 0.0601. The zero-order valence-electron chi connectivity index (χ0n) is 18.2. The molecule has 3 aromatic rings. The van der Waals surface area contributed by atoms with Gasteiger partial charge in [-0.15, -0.1) is 0 Å². The highest BCUT2D eigenvalue weighted by molar-refractivity contribution is 5.79. The molecule has 3 rings (SSSR count). The topological polar surface area (TPSA) is 95.8 Å². The fraction of sp³-hybridized carbons (Fsp3) is 0.391. The minimum absolute atomic E-state index is 0.284. The molecule has 3 N–H and O–H groups in total. The molecule has 0 aliphatic heterocycles. The number of rotatable bonds is 7. The molecule has 1 atom stereocenters.